The number of hydrogen-bond donors (Lipinski definition) is 3. The van der Waals surface area contributed by atoms with E-state index in [4.69, 9.17) is 4.74 Å². The average molecular weight is 350 g/mol. The summed E-state index contributed by atoms with van der Waals surface area (Å²) in [5.74, 6) is -0.377. The maximum absolute atomic E-state index is 12.2. The maximum Gasteiger partial charge on any atom is 0.407 e. The summed E-state index contributed by atoms with van der Waals surface area (Å²) in [7, 11) is 0. The van der Waals surface area contributed by atoms with Crippen molar-refractivity contribution in [3.05, 3.63) is 35.9 Å². The molecule has 2 rings (SSSR count). The van der Waals surface area contributed by atoms with Crippen LogP contribution in [-0.2, 0) is 11.2 Å². The predicted molar refractivity (Wildman–Crippen MR) is 92.4 cm³/mol. The Balaban J connectivity index is 2.21. The Morgan fingerprint density at radius 3 is 2.44 bits per heavy atom. The first-order valence-electron chi connectivity index (χ1n) is 8.35. The van der Waals surface area contributed by atoms with E-state index in [9.17, 15) is 19.8 Å². The molecule has 3 atom stereocenters. The van der Waals surface area contributed by atoms with Crippen LogP contribution in [0.15, 0.2) is 30.3 Å². The first kappa shape index (κ1) is 19.1. The lowest BCUT2D eigenvalue weighted by molar-refractivity contribution is 0.0470. The van der Waals surface area contributed by atoms with E-state index in [0.717, 1.165) is 5.56 Å². The summed E-state index contributed by atoms with van der Waals surface area (Å²) in [6, 6.07) is 8.50. The Hall–Kier alpha value is -2.28. The molecule has 1 aromatic rings. The van der Waals surface area contributed by atoms with Gasteiger partial charge < -0.3 is 25.2 Å². The summed E-state index contributed by atoms with van der Waals surface area (Å²) >= 11 is 0. The second kappa shape index (κ2) is 7.74. The summed E-state index contributed by atoms with van der Waals surface area (Å²) in [6.07, 6.45) is -1.22. The van der Waals surface area contributed by atoms with Crippen LogP contribution in [0.1, 0.15) is 26.3 Å². The van der Waals surface area contributed by atoms with Gasteiger partial charge in [-0.2, -0.15) is 0 Å². The Labute approximate surface area is 147 Å². The molecule has 1 fully saturated rings. The highest BCUT2D eigenvalue weighted by molar-refractivity contribution is 5.70. The molecule has 0 aliphatic carbocycles. The second-order valence-corrected chi connectivity index (χ2v) is 7.31. The van der Waals surface area contributed by atoms with Crippen molar-refractivity contribution in [2.45, 2.75) is 44.9 Å². The molecule has 1 aliphatic heterocycles. The summed E-state index contributed by atoms with van der Waals surface area (Å²) in [5.41, 5.74) is 0.312. The van der Waals surface area contributed by atoms with Crippen LogP contribution < -0.4 is 5.32 Å². The van der Waals surface area contributed by atoms with Crippen LogP contribution in [-0.4, -0.2) is 58.1 Å². The van der Waals surface area contributed by atoms with E-state index in [2.05, 4.69) is 5.32 Å². The monoisotopic (exact) mass is 350 g/mol. The quantitative estimate of drug-likeness (QED) is 0.772. The Kier molecular flexibility index (Phi) is 5.89. The SMILES string of the molecule is CC(C)(C)OC(=O)N[C@H]1C(Cc2ccccc2)N(C(=O)O)C[C@H]1CO. The number of alkyl carbamates (subject to hydrolysis) is 1. The van der Waals surface area contributed by atoms with Crippen molar-refractivity contribution >= 4 is 12.2 Å². The van der Waals surface area contributed by atoms with Crippen LogP contribution in [0.25, 0.3) is 0 Å². The highest BCUT2D eigenvalue weighted by Crippen LogP contribution is 2.27. The van der Waals surface area contributed by atoms with Gasteiger partial charge in [-0.15, -0.1) is 0 Å². The van der Waals surface area contributed by atoms with E-state index in [1.807, 2.05) is 30.3 Å². The van der Waals surface area contributed by atoms with Crippen LogP contribution in [0.2, 0.25) is 0 Å². The average Bonchev–Trinajstić information content (AvgIpc) is 2.84. The molecule has 0 spiro atoms. The number of aliphatic hydroxyl groups excluding tert-OH is 1. The minimum atomic E-state index is -1.06. The van der Waals surface area contributed by atoms with Gasteiger partial charge in [0.2, 0.25) is 0 Å². The van der Waals surface area contributed by atoms with Crippen molar-refractivity contribution < 1.29 is 24.5 Å². The first-order valence-corrected chi connectivity index (χ1v) is 8.35. The van der Waals surface area contributed by atoms with Gasteiger partial charge in [0.15, 0.2) is 0 Å². The molecule has 0 aromatic heterocycles. The number of aliphatic hydroxyl groups is 1. The van der Waals surface area contributed by atoms with Crippen molar-refractivity contribution in [1.82, 2.24) is 10.2 Å². The largest absolute Gasteiger partial charge is 0.465 e. The molecular formula is C18H26N2O5. The van der Waals surface area contributed by atoms with Crippen LogP contribution in [0, 0.1) is 5.92 Å². The van der Waals surface area contributed by atoms with Crippen molar-refractivity contribution in [2.24, 2.45) is 5.92 Å². The molecule has 1 unspecified atom stereocenters. The van der Waals surface area contributed by atoms with Gasteiger partial charge in [0.25, 0.3) is 0 Å². The van der Waals surface area contributed by atoms with E-state index < -0.39 is 29.9 Å². The van der Waals surface area contributed by atoms with E-state index in [-0.39, 0.29) is 19.1 Å². The fraction of sp³-hybridized carbons (Fsp3) is 0.556. The molecule has 3 N–H and O–H groups in total. The molecule has 1 heterocycles. The van der Waals surface area contributed by atoms with Crippen molar-refractivity contribution in [2.75, 3.05) is 13.2 Å². The number of rotatable bonds is 4. The standard InChI is InChI=1S/C18H26N2O5/c1-18(2,3)25-16(22)19-15-13(11-21)10-20(17(23)24)14(15)9-12-7-5-4-6-8-12/h4-8,13-15,21H,9-11H2,1-3H3,(H,19,22)(H,23,24)/t13-,14?,15+/m0/s1. The van der Waals surface area contributed by atoms with Gasteiger partial charge in [0, 0.05) is 19.1 Å². The normalized spacial score (nSPS) is 23.4. The molecule has 0 bridgehead atoms. The van der Waals surface area contributed by atoms with Gasteiger partial charge in [0.1, 0.15) is 5.60 Å². The van der Waals surface area contributed by atoms with Crippen LogP contribution in [0.5, 0.6) is 0 Å². The Morgan fingerprint density at radius 2 is 1.92 bits per heavy atom. The van der Waals surface area contributed by atoms with Gasteiger partial charge >= 0.3 is 12.2 Å². The second-order valence-electron chi connectivity index (χ2n) is 7.31. The Bertz CT molecular complexity index is 599. The van der Waals surface area contributed by atoms with E-state index in [0.29, 0.717) is 6.42 Å². The molecule has 1 saturated heterocycles. The minimum absolute atomic E-state index is 0.170. The lowest BCUT2D eigenvalue weighted by atomic mass is 9.94. The number of hydrogen-bond acceptors (Lipinski definition) is 4. The number of ether oxygens (including phenoxy) is 1. The van der Waals surface area contributed by atoms with Crippen LogP contribution in [0.3, 0.4) is 0 Å². The molecule has 0 radical (unpaired) electrons. The van der Waals surface area contributed by atoms with Crippen LogP contribution >= 0.6 is 0 Å². The number of nitrogens with zero attached hydrogens (tertiary/aromatic N) is 1. The summed E-state index contributed by atoms with van der Waals surface area (Å²) < 4.78 is 5.29. The third-order valence-corrected chi connectivity index (χ3v) is 4.21. The molecule has 2 amide bonds. The van der Waals surface area contributed by atoms with E-state index in [1.54, 1.807) is 20.8 Å². The van der Waals surface area contributed by atoms with Crippen LogP contribution in [0.4, 0.5) is 9.59 Å². The Morgan fingerprint density at radius 1 is 1.28 bits per heavy atom. The smallest absolute Gasteiger partial charge is 0.407 e. The molecule has 1 aromatic carbocycles. The third-order valence-electron chi connectivity index (χ3n) is 4.21. The number of carbonyl (C=O) groups excluding carboxylic acids is 1. The predicted octanol–water partition coefficient (Wildman–Crippen LogP) is 2.09. The van der Waals surface area contributed by atoms with Crippen molar-refractivity contribution in [3.8, 4) is 0 Å². The minimum Gasteiger partial charge on any atom is -0.465 e. The zero-order valence-corrected chi connectivity index (χ0v) is 14.8. The van der Waals surface area contributed by atoms with Gasteiger partial charge in [-0.3, -0.25) is 0 Å². The molecule has 1 aliphatic rings. The molecule has 138 valence electrons. The number of benzene rings is 1. The molecule has 7 nitrogen and oxygen atoms in total. The first-order chi connectivity index (χ1) is 11.7. The van der Waals surface area contributed by atoms with E-state index in [1.165, 1.54) is 4.90 Å². The number of likely N-dealkylation sites (tertiary alicyclic amines) is 1. The number of nitrogens with one attached hydrogen (secondary N) is 1. The summed E-state index contributed by atoms with van der Waals surface area (Å²) in [5, 5.41) is 21.9. The lowest BCUT2D eigenvalue weighted by Crippen LogP contribution is -2.50. The fourth-order valence-corrected chi connectivity index (χ4v) is 3.15. The maximum atomic E-state index is 12.2. The number of amides is 2. The van der Waals surface area contributed by atoms with Gasteiger partial charge in [-0.1, -0.05) is 30.3 Å². The zero-order valence-electron chi connectivity index (χ0n) is 14.8. The zero-order chi connectivity index (χ0) is 18.6. The highest BCUT2D eigenvalue weighted by Gasteiger charge is 2.45. The molecule has 7 heteroatoms. The number of carbonyl (C=O) groups is 2. The molecule has 0 saturated carbocycles. The highest BCUT2D eigenvalue weighted by atomic mass is 16.6. The third kappa shape index (κ3) is 5.09. The number of carboxylic acid groups (broad SMARTS) is 1. The van der Waals surface area contributed by atoms with Crippen molar-refractivity contribution in [1.29, 1.82) is 0 Å². The van der Waals surface area contributed by atoms with Gasteiger partial charge in [-0.25, -0.2) is 9.59 Å². The summed E-state index contributed by atoms with van der Waals surface area (Å²) in [4.78, 5) is 25.1. The fourth-order valence-electron chi connectivity index (χ4n) is 3.15. The topological polar surface area (TPSA) is 99.1 Å². The van der Waals surface area contributed by atoms with Gasteiger partial charge in [-0.05, 0) is 32.8 Å². The van der Waals surface area contributed by atoms with Crippen molar-refractivity contribution in [3.63, 3.8) is 0 Å². The van der Waals surface area contributed by atoms with E-state index >= 15 is 0 Å². The van der Waals surface area contributed by atoms with Gasteiger partial charge in [0.05, 0.1) is 12.1 Å². The molecule has 25 heavy (non-hydrogen) atoms. The molecular weight excluding hydrogens is 324 g/mol. The lowest BCUT2D eigenvalue weighted by Gasteiger charge is -2.29. The summed E-state index contributed by atoms with van der Waals surface area (Å²) in [6.45, 7) is 5.24.